The van der Waals surface area contributed by atoms with Crippen molar-refractivity contribution in [1.29, 1.82) is 0 Å². The van der Waals surface area contributed by atoms with Gasteiger partial charge in [-0.15, -0.1) is 11.3 Å². The van der Waals surface area contributed by atoms with E-state index in [9.17, 15) is 18.0 Å². The number of benzene rings is 1. The molecule has 120 valence electrons. The number of imidazole rings is 1. The van der Waals surface area contributed by atoms with Crippen molar-refractivity contribution in [3.05, 3.63) is 58.4 Å². The van der Waals surface area contributed by atoms with Gasteiger partial charge >= 0.3 is 6.18 Å². The van der Waals surface area contributed by atoms with Crippen LogP contribution >= 0.6 is 11.3 Å². The summed E-state index contributed by atoms with van der Waals surface area (Å²) in [5.74, 6) is -0.566. The van der Waals surface area contributed by atoms with E-state index in [2.05, 4.69) is 10.3 Å². The molecule has 3 rings (SSSR count). The number of aromatic nitrogens is 2. The first-order valence-corrected chi connectivity index (χ1v) is 7.60. The molecule has 0 bridgehead atoms. The average Bonchev–Trinajstić information content (AvgIpc) is 3.06. The van der Waals surface area contributed by atoms with Gasteiger partial charge in [-0.25, -0.2) is 4.98 Å². The van der Waals surface area contributed by atoms with Crippen LogP contribution in [-0.4, -0.2) is 15.3 Å². The van der Waals surface area contributed by atoms with Gasteiger partial charge in [-0.3, -0.25) is 9.20 Å². The molecule has 8 heteroatoms. The van der Waals surface area contributed by atoms with E-state index in [0.717, 1.165) is 22.8 Å². The zero-order valence-corrected chi connectivity index (χ0v) is 12.8. The number of rotatable bonds is 3. The molecule has 0 fully saturated rings. The first-order chi connectivity index (χ1) is 10.8. The van der Waals surface area contributed by atoms with Crippen LogP contribution in [0.15, 0.2) is 35.8 Å². The van der Waals surface area contributed by atoms with Crippen molar-refractivity contribution in [2.45, 2.75) is 19.6 Å². The molecule has 2 heterocycles. The number of amides is 1. The molecular formula is C15H12F3N3OS. The Labute approximate surface area is 133 Å². The molecule has 1 aromatic carbocycles. The largest absolute Gasteiger partial charge is 0.416 e. The number of nitrogens with zero attached hydrogens (tertiary/aromatic N) is 2. The van der Waals surface area contributed by atoms with Crippen LogP contribution in [0.4, 0.5) is 13.2 Å². The van der Waals surface area contributed by atoms with Crippen molar-refractivity contribution in [3.63, 3.8) is 0 Å². The summed E-state index contributed by atoms with van der Waals surface area (Å²) >= 11 is 1.48. The number of halogens is 3. The maximum absolute atomic E-state index is 12.7. The molecule has 0 unspecified atom stereocenters. The highest BCUT2D eigenvalue weighted by molar-refractivity contribution is 7.15. The van der Waals surface area contributed by atoms with Crippen LogP contribution in [0.1, 0.15) is 27.3 Å². The molecule has 4 nitrogen and oxygen atoms in total. The Bertz CT molecular complexity index is 866. The van der Waals surface area contributed by atoms with E-state index in [1.807, 2.05) is 16.7 Å². The molecule has 0 spiro atoms. The molecule has 0 saturated carbocycles. The van der Waals surface area contributed by atoms with Crippen LogP contribution in [0.5, 0.6) is 0 Å². The maximum atomic E-state index is 12.7. The maximum Gasteiger partial charge on any atom is 0.416 e. The second-order valence-corrected chi connectivity index (χ2v) is 5.86. The van der Waals surface area contributed by atoms with Crippen molar-refractivity contribution >= 4 is 22.2 Å². The summed E-state index contributed by atoms with van der Waals surface area (Å²) in [6.07, 6.45) is -2.67. The van der Waals surface area contributed by atoms with Gasteiger partial charge in [0.05, 0.1) is 17.8 Å². The standard InChI is InChI=1S/C15H12F3N3OS/c1-9-8-23-14-20-12(7-21(9)14)6-19-13(22)10-3-2-4-11(5-10)15(16,17)18/h2-5,7-8H,6H2,1H3,(H,19,22). The summed E-state index contributed by atoms with van der Waals surface area (Å²) in [4.78, 5) is 17.2. The van der Waals surface area contributed by atoms with Crippen LogP contribution < -0.4 is 5.32 Å². The van der Waals surface area contributed by atoms with Gasteiger partial charge < -0.3 is 5.32 Å². The van der Waals surface area contributed by atoms with Crippen LogP contribution in [-0.2, 0) is 12.7 Å². The minimum atomic E-state index is -4.47. The zero-order valence-electron chi connectivity index (χ0n) is 12.0. The summed E-state index contributed by atoms with van der Waals surface area (Å²) in [6, 6.07) is 4.34. The van der Waals surface area contributed by atoms with E-state index >= 15 is 0 Å². The molecule has 0 radical (unpaired) electrons. The molecule has 23 heavy (non-hydrogen) atoms. The third-order valence-electron chi connectivity index (χ3n) is 3.32. The highest BCUT2D eigenvalue weighted by Gasteiger charge is 2.30. The number of carbonyl (C=O) groups is 1. The Balaban J connectivity index is 1.71. The van der Waals surface area contributed by atoms with E-state index in [4.69, 9.17) is 0 Å². The van der Waals surface area contributed by atoms with E-state index in [1.165, 1.54) is 23.5 Å². The summed E-state index contributed by atoms with van der Waals surface area (Å²) < 4.78 is 39.9. The highest BCUT2D eigenvalue weighted by atomic mass is 32.1. The molecular weight excluding hydrogens is 327 g/mol. The molecule has 1 amide bonds. The van der Waals surface area contributed by atoms with E-state index in [-0.39, 0.29) is 12.1 Å². The minimum absolute atomic E-state index is 0.0305. The lowest BCUT2D eigenvalue weighted by molar-refractivity contribution is -0.137. The lowest BCUT2D eigenvalue weighted by Gasteiger charge is -2.08. The number of hydrogen-bond acceptors (Lipinski definition) is 3. The first-order valence-electron chi connectivity index (χ1n) is 6.72. The second kappa shape index (κ2) is 5.69. The lowest BCUT2D eigenvalue weighted by atomic mass is 10.1. The Morgan fingerprint density at radius 3 is 2.87 bits per heavy atom. The summed E-state index contributed by atoms with van der Waals surface area (Å²) in [5.41, 5.74) is 0.813. The zero-order chi connectivity index (χ0) is 16.6. The molecule has 0 atom stereocenters. The first kappa shape index (κ1) is 15.5. The summed E-state index contributed by atoms with van der Waals surface area (Å²) in [5, 5.41) is 4.55. The predicted octanol–water partition coefficient (Wildman–Crippen LogP) is 3.65. The summed E-state index contributed by atoms with van der Waals surface area (Å²) in [6.45, 7) is 2.10. The molecule has 0 aliphatic carbocycles. The van der Waals surface area contributed by atoms with Crippen LogP contribution in [0.3, 0.4) is 0 Å². The number of alkyl halides is 3. The van der Waals surface area contributed by atoms with Crippen LogP contribution in [0.2, 0.25) is 0 Å². The van der Waals surface area contributed by atoms with Gasteiger partial charge in [0.25, 0.3) is 5.91 Å². The number of hydrogen-bond donors (Lipinski definition) is 1. The minimum Gasteiger partial charge on any atom is -0.346 e. The van der Waals surface area contributed by atoms with E-state index in [0.29, 0.717) is 5.69 Å². The van der Waals surface area contributed by atoms with Crippen LogP contribution in [0, 0.1) is 6.92 Å². The van der Waals surface area contributed by atoms with Gasteiger partial charge in [-0.1, -0.05) is 6.07 Å². The SMILES string of the molecule is Cc1csc2nc(CNC(=O)c3cccc(C(F)(F)F)c3)cn12. The molecule has 3 aromatic rings. The number of fused-ring (bicyclic) bond motifs is 1. The fourth-order valence-electron chi connectivity index (χ4n) is 2.14. The van der Waals surface area contributed by atoms with Crippen LogP contribution in [0.25, 0.3) is 4.96 Å². The molecule has 0 aliphatic rings. The predicted molar refractivity (Wildman–Crippen MR) is 80.4 cm³/mol. The fourth-order valence-corrected chi connectivity index (χ4v) is 3.00. The third-order valence-corrected chi connectivity index (χ3v) is 4.28. The van der Waals surface area contributed by atoms with Gasteiger partial charge in [-0.05, 0) is 25.1 Å². The number of thiazole rings is 1. The third kappa shape index (κ3) is 3.21. The van der Waals surface area contributed by atoms with E-state index < -0.39 is 17.6 Å². The Hall–Kier alpha value is -2.35. The Kier molecular flexibility index (Phi) is 3.85. The Morgan fingerprint density at radius 1 is 1.39 bits per heavy atom. The lowest BCUT2D eigenvalue weighted by Crippen LogP contribution is -2.23. The molecule has 1 N–H and O–H groups in total. The highest BCUT2D eigenvalue weighted by Crippen LogP contribution is 2.29. The van der Waals surface area contributed by atoms with Gasteiger partial charge in [0.15, 0.2) is 4.96 Å². The monoisotopic (exact) mass is 339 g/mol. The van der Waals surface area contributed by atoms with Gasteiger partial charge in [0.2, 0.25) is 0 Å². The topological polar surface area (TPSA) is 46.4 Å². The number of carbonyl (C=O) groups excluding carboxylic acids is 1. The average molecular weight is 339 g/mol. The smallest absolute Gasteiger partial charge is 0.346 e. The second-order valence-electron chi connectivity index (χ2n) is 5.02. The normalized spacial score (nSPS) is 11.8. The van der Waals surface area contributed by atoms with Crippen molar-refractivity contribution in [1.82, 2.24) is 14.7 Å². The number of aryl methyl sites for hydroxylation is 1. The van der Waals surface area contributed by atoms with Crippen molar-refractivity contribution in [2.75, 3.05) is 0 Å². The van der Waals surface area contributed by atoms with Crippen molar-refractivity contribution < 1.29 is 18.0 Å². The summed E-state index contributed by atoms with van der Waals surface area (Å²) in [7, 11) is 0. The Morgan fingerprint density at radius 2 is 2.17 bits per heavy atom. The number of nitrogens with one attached hydrogen (secondary N) is 1. The quantitative estimate of drug-likeness (QED) is 0.792. The van der Waals surface area contributed by atoms with Gasteiger partial charge in [0, 0.05) is 22.8 Å². The van der Waals surface area contributed by atoms with Gasteiger partial charge in [0.1, 0.15) is 0 Å². The fraction of sp³-hybridized carbons (Fsp3) is 0.200. The molecule has 2 aromatic heterocycles. The van der Waals surface area contributed by atoms with Crippen molar-refractivity contribution in [2.24, 2.45) is 0 Å². The molecule has 0 aliphatic heterocycles. The molecule has 0 saturated heterocycles. The van der Waals surface area contributed by atoms with E-state index in [1.54, 1.807) is 6.20 Å². The van der Waals surface area contributed by atoms with Crippen molar-refractivity contribution in [3.8, 4) is 0 Å². The van der Waals surface area contributed by atoms with Gasteiger partial charge in [-0.2, -0.15) is 13.2 Å².